The fraction of sp³-hybridized carbons (Fsp3) is 0.143. The maximum Gasteiger partial charge on any atom is 0.513 e. The van der Waals surface area contributed by atoms with Crippen molar-refractivity contribution in [3.8, 4) is 11.7 Å². The molecule has 0 amide bonds. The van der Waals surface area contributed by atoms with Crippen LogP contribution in [0.5, 0.6) is 11.7 Å². The Balaban J connectivity index is 1.37. The Morgan fingerprint density at radius 2 is 1.71 bits per heavy atom. The molecule has 6 heteroatoms. The molecule has 3 aromatic carbocycles. The van der Waals surface area contributed by atoms with Crippen molar-refractivity contribution in [1.29, 1.82) is 0 Å². The van der Waals surface area contributed by atoms with E-state index in [-0.39, 0.29) is 17.0 Å². The van der Waals surface area contributed by atoms with Gasteiger partial charge in [0.05, 0.1) is 18.1 Å². The van der Waals surface area contributed by atoms with Crippen LogP contribution in [-0.4, -0.2) is 17.9 Å². The highest BCUT2D eigenvalue weighted by atomic mass is 16.7. The summed E-state index contributed by atoms with van der Waals surface area (Å²) < 4.78 is 15.9. The first-order valence-corrected chi connectivity index (χ1v) is 11.0. The molecule has 1 aromatic heterocycles. The molecule has 0 unspecified atom stereocenters. The number of rotatable bonds is 9. The zero-order chi connectivity index (χ0) is 23.8. The van der Waals surface area contributed by atoms with Crippen molar-refractivity contribution < 1.29 is 23.8 Å². The number of para-hydroxylation sites is 1. The Bertz CT molecular complexity index is 1340. The number of benzene rings is 3. The van der Waals surface area contributed by atoms with Gasteiger partial charge in [0.2, 0.25) is 0 Å². The van der Waals surface area contributed by atoms with E-state index in [9.17, 15) is 9.59 Å². The molecule has 0 aliphatic rings. The maximum absolute atomic E-state index is 12.3. The summed E-state index contributed by atoms with van der Waals surface area (Å²) in [4.78, 5) is 23.1. The molecule has 0 fully saturated rings. The van der Waals surface area contributed by atoms with E-state index in [0.717, 1.165) is 36.6 Å². The van der Waals surface area contributed by atoms with Crippen LogP contribution in [0.2, 0.25) is 0 Å². The summed E-state index contributed by atoms with van der Waals surface area (Å²) in [6, 6.07) is 24.3. The number of carbonyl (C=O) groups is 1. The van der Waals surface area contributed by atoms with Gasteiger partial charge in [-0.25, -0.2) is 4.79 Å². The Morgan fingerprint density at radius 1 is 0.912 bits per heavy atom. The van der Waals surface area contributed by atoms with Gasteiger partial charge in [0, 0.05) is 5.56 Å². The van der Waals surface area contributed by atoms with Crippen LogP contribution >= 0.6 is 0 Å². The zero-order valence-electron chi connectivity index (χ0n) is 18.5. The molecule has 4 rings (SSSR count). The number of carboxylic acid groups (broad SMARTS) is 1. The molecular formula is C28H24O6. The second kappa shape index (κ2) is 11.0. The number of ether oxygens (including phenoxy) is 2. The first kappa shape index (κ1) is 22.9. The normalized spacial score (nSPS) is 11.1. The smallest absolute Gasteiger partial charge is 0.494 e. The second-order valence-electron chi connectivity index (χ2n) is 7.72. The Morgan fingerprint density at radius 3 is 2.47 bits per heavy atom. The summed E-state index contributed by atoms with van der Waals surface area (Å²) in [6.45, 7) is 0.664. The molecular weight excluding hydrogens is 432 g/mol. The average Bonchev–Trinajstić information content (AvgIpc) is 2.84. The largest absolute Gasteiger partial charge is 0.513 e. The van der Waals surface area contributed by atoms with E-state index in [1.807, 2.05) is 36.4 Å². The molecule has 0 bridgehead atoms. The molecule has 0 saturated heterocycles. The van der Waals surface area contributed by atoms with Crippen molar-refractivity contribution in [1.82, 2.24) is 0 Å². The highest BCUT2D eigenvalue weighted by molar-refractivity contribution is 5.88. The summed E-state index contributed by atoms with van der Waals surface area (Å²) in [5.74, 6) is 0.444. The van der Waals surface area contributed by atoms with E-state index in [4.69, 9.17) is 14.3 Å². The fourth-order valence-corrected chi connectivity index (χ4v) is 3.57. The molecule has 6 nitrogen and oxygen atoms in total. The van der Waals surface area contributed by atoms with Crippen LogP contribution in [0, 0.1) is 0 Å². The van der Waals surface area contributed by atoms with Gasteiger partial charge in [0.25, 0.3) is 5.95 Å². The van der Waals surface area contributed by atoms with E-state index < -0.39 is 6.16 Å². The highest BCUT2D eigenvalue weighted by Crippen LogP contribution is 2.23. The first-order valence-electron chi connectivity index (χ1n) is 11.0. The summed E-state index contributed by atoms with van der Waals surface area (Å²) in [6.07, 6.45) is 5.24. The Hall–Kier alpha value is -4.32. The van der Waals surface area contributed by atoms with Gasteiger partial charge < -0.3 is 19.0 Å². The quantitative estimate of drug-likeness (QED) is 0.178. The molecule has 34 heavy (non-hydrogen) atoms. The second-order valence-corrected chi connectivity index (χ2v) is 7.72. The number of unbranched alkanes of at least 4 members (excludes halogenated alkanes) is 1. The van der Waals surface area contributed by atoms with E-state index >= 15 is 0 Å². The van der Waals surface area contributed by atoms with Crippen molar-refractivity contribution in [2.75, 3.05) is 6.61 Å². The number of aryl methyl sites for hydroxylation is 1. The lowest BCUT2D eigenvalue weighted by molar-refractivity contribution is 0.133. The van der Waals surface area contributed by atoms with Crippen molar-refractivity contribution in [3.63, 3.8) is 0 Å². The van der Waals surface area contributed by atoms with E-state index in [1.165, 1.54) is 5.56 Å². The third-order valence-corrected chi connectivity index (χ3v) is 5.26. The Labute approximate surface area is 196 Å². The lowest BCUT2D eigenvalue weighted by atomic mass is 10.1. The van der Waals surface area contributed by atoms with Gasteiger partial charge in [-0.15, -0.1) is 0 Å². The molecule has 4 aromatic rings. The lowest BCUT2D eigenvalue weighted by Gasteiger charge is -2.07. The van der Waals surface area contributed by atoms with Crippen LogP contribution in [0.25, 0.3) is 23.1 Å². The average molecular weight is 456 g/mol. The van der Waals surface area contributed by atoms with Crippen LogP contribution < -0.4 is 14.9 Å². The van der Waals surface area contributed by atoms with Gasteiger partial charge in [-0.2, -0.15) is 0 Å². The molecule has 0 atom stereocenters. The molecule has 1 heterocycles. The first-order chi connectivity index (χ1) is 16.6. The van der Waals surface area contributed by atoms with E-state index in [0.29, 0.717) is 17.6 Å². The minimum Gasteiger partial charge on any atom is -0.494 e. The van der Waals surface area contributed by atoms with E-state index in [1.54, 1.807) is 24.3 Å². The maximum atomic E-state index is 12.3. The van der Waals surface area contributed by atoms with Crippen molar-refractivity contribution >= 4 is 29.3 Å². The third-order valence-electron chi connectivity index (χ3n) is 5.26. The van der Waals surface area contributed by atoms with E-state index in [2.05, 4.69) is 29.0 Å². The summed E-state index contributed by atoms with van der Waals surface area (Å²) >= 11 is 0. The van der Waals surface area contributed by atoms with Crippen molar-refractivity contribution in [2.24, 2.45) is 0 Å². The van der Waals surface area contributed by atoms with Gasteiger partial charge in [-0.1, -0.05) is 66.7 Å². The topological polar surface area (TPSA) is 86.0 Å². The van der Waals surface area contributed by atoms with Gasteiger partial charge in [0.15, 0.2) is 5.43 Å². The molecule has 1 N–H and O–H groups in total. The summed E-state index contributed by atoms with van der Waals surface area (Å²) in [7, 11) is 0. The van der Waals surface area contributed by atoms with Crippen LogP contribution in [0.15, 0.2) is 88.1 Å². The number of hydrogen-bond acceptors (Lipinski definition) is 5. The third kappa shape index (κ3) is 6.13. The standard InChI is InChI=1S/C28H24O6/c29-25-19-26(34-28(30)31)33-27-22(10-6-11-24(25)27)15-12-21-13-16-23(17-14-21)32-18-5-4-9-20-7-2-1-3-8-20/h1-3,6-8,10-17,19H,4-5,9,18H2,(H,30,31)/b15-12+. The monoisotopic (exact) mass is 456 g/mol. The molecule has 172 valence electrons. The van der Waals surface area contributed by atoms with Crippen LogP contribution in [-0.2, 0) is 6.42 Å². The van der Waals surface area contributed by atoms with Crippen LogP contribution in [0.1, 0.15) is 29.5 Å². The Kier molecular flexibility index (Phi) is 7.40. The van der Waals surface area contributed by atoms with Gasteiger partial charge in [0.1, 0.15) is 11.3 Å². The van der Waals surface area contributed by atoms with Crippen LogP contribution in [0.4, 0.5) is 4.79 Å². The SMILES string of the molecule is O=C(O)Oc1cc(=O)c2cccc(/C=C/c3ccc(OCCCCc4ccccc4)cc3)c2o1. The summed E-state index contributed by atoms with van der Waals surface area (Å²) in [5, 5.41) is 9.14. The van der Waals surface area contributed by atoms with Gasteiger partial charge >= 0.3 is 6.16 Å². The molecule has 0 saturated carbocycles. The van der Waals surface area contributed by atoms with Crippen molar-refractivity contribution in [3.05, 3.63) is 106 Å². The zero-order valence-corrected chi connectivity index (χ0v) is 18.5. The minimum atomic E-state index is -1.55. The number of hydrogen-bond donors (Lipinski definition) is 1. The lowest BCUT2D eigenvalue weighted by Crippen LogP contribution is -2.07. The van der Waals surface area contributed by atoms with Gasteiger partial charge in [-0.3, -0.25) is 4.79 Å². The van der Waals surface area contributed by atoms with Crippen LogP contribution in [0.3, 0.4) is 0 Å². The fourth-order valence-electron chi connectivity index (χ4n) is 3.57. The molecule has 0 spiro atoms. The highest BCUT2D eigenvalue weighted by Gasteiger charge is 2.11. The van der Waals surface area contributed by atoms with Crippen molar-refractivity contribution in [2.45, 2.75) is 19.3 Å². The minimum absolute atomic E-state index is 0.262. The molecule has 0 radical (unpaired) electrons. The van der Waals surface area contributed by atoms with Gasteiger partial charge in [-0.05, 0) is 48.6 Å². The molecule has 0 aliphatic heterocycles. The molecule has 0 aliphatic carbocycles. The predicted molar refractivity (Wildman–Crippen MR) is 131 cm³/mol. The summed E-state index contributed by atoms with van der Waals surface area (Å²) in [5.41, 5.74) is 2.80. The predicted octanol–water partition coefficient (Wildman–Crippen LogP) is 6.42. The number of fused-ring (bicyclic) bond motifs is 1.